The van der Waals surface area contributed by atoms with Crippen LogP contribution in [0, 0.1) is 0 Å². The van der Waals surface area contributed by atoms with Gasteiger partial charge in [0.2, 0.25) is 0 Å². The summed E-state index contributed by atoms with van der Waals surface area (Å²) in [5, 5.41) is 4.70. The van der Waals surface area contributed by atoms with E-state index in [2.05, 4.69) is 188 Å². The van der Waals surface area contributed by atoms with Crippen molar-refractivity contribution >= 4 is 78.9 Å². The number of rotatable bonds is 2. The molecule has 8 aromatic carbocycles. The number of hydrogen-bond donors (Lipinski definition) is 0. The van der Waals surface area contributed by atoms with Gasteiger partial charge >= 0.3 is 6.85 Å². The van der Waals surface area contributed by atoms with Crippen molar-refractivity contribution in [1.29, 1.82) is 0 Å². The summed E-state index contributed by atoms with van der Waals surface area (Å²) in [5.74, 6) is 1.73. The number of ether oxygens (including phenoxy) is 1. The fraction of sp³-hybridized carbons (Fsp3) is 0.0800. The maximum absolute atomic E-state index is 6.75. The lowest BCUT2D eigenvalue weighted by molar-refractivity contribution is 0.478. The third-order valence-corrected chi connectivity index (χ3v) is 12.0. The molecule has 0 amide bonds. The Morgan fingerprint density at radius 1 is 0.527 bits per heavy atom. The first-order chi connectivity index (χ1) is 26.9. The van der Waals surface area contributed by atoms with Gasteiger partial charge in [-0.3, -0.25) is 0 Å². The molecule has 0 atom stereocenters. The predicted molar refractivity (Wildman–Crippen MR) is 229 cm³/mol. The summed E-state index contributed by atoms with van der Waals surface area (Å²) in [6, 6.07) is 57.2. The van der Waals surface area contributed by atoms with E-state index in [0.717, 1.165) is 56.2 Å². The molecule has 55 heavy (non-hydrogen) atoms. The van der Waals surface area contributed by atoms with Crippen molar-refractivity contribution in [3.05, 3.63) is 163 Å². The first kappa shape index (κ1) is 30.7. The quantitative estimate of drug-likeness (QED) is 0.167. The molecule has 4 nitrogen and oxygen atoms in total. The average molecular weight is 707 g/mol. The summed E-state index contributed by atoms with van der Waals surface area (Å²) in [6.45, 7) is 6.70. The van der Waals surface area contributed by atoms with Crippen LogP contribution in [0.15, 0.2) is 162 Å². The molecule has 9 aromatic rings. The number of para-hydroxylation sites is 4. The summed E-state index contributed by atoms with van der Waals surface area (Å²) >= 11 is 0. The smallest absolute Gasteiger partial charge is 0.334 e. The molecular formula is C50H35BN2O2. The highest BCUT2D eigenvalue weighted by atomic mass is 16.5. The van der Waals surface area contributed by atoms with E-state index in [1.165, 1.54) is 55.2 Å². The van der Waals surface area contributed by atoms with Crippen LogP contribution in [0.25, 0.3) is 55.0 Å². The zero-order valence-electron chi connectivity index (χ0n) is 30.8. The van der Waals surface area contributed by atoms with Crippen molar-refractivity contribution in [2.24, 2.45) is 0 Å². The number of anilines is 5. The average Bonchev–Trinajstić information content (AvgIpc) is 3.60. The van der Waals surface area contributed by atoms with Gasteiger partial charge in [0.05, 0.1) is 17.1 Å². The van der Waals surface area contributed by atoms with Crippen LogP contribution < -0.4 is 25.4 Å². The predicted octanol–water partition coefficient (Wildman–Crippen LogP) is 12.5. The molecule has 5 heteroatoms. The van der Waals surface area contributed by atoms with Crippen LogP contribution in [-0.4, -0.2) is 6.85 Å². The van der Waals surface area contributed by atoms with E-state index >= 15 is 0 Å². The van der Waals surface area contributed by atoms with Crippen molar-refractivity contribution in [3.8, 4) is 33.8 Å². The molecule has 260 valence electrons. The zero-order valence-corrected chi connectivity index (χ0v) is 30.8. The van der Waals surface area contributed by atoms with Gasteiger partial charge in [0, 0.05) is 33.3 Å². The van der Waals surface area contributed by atoms with Crippen molar-refractivity contribution in [3.63, 3.8) is 0 Å². The van der Waals surface area contributed by atoms with Crippen LogP contribution >= 0.6 is 0 Å². The van der Waals surface area contributed by atoms with E-state index in [9.17, 15) is 0 Å². The first-order valence-corrected chi connectivity index (χ1v) is 19.1. The van der Waals surface area contributed by atoms with E-state index in [4.69, 9.17) is 9.15 Å². The lowest BCUT2D eigenvalue weighted by Crippen LogP contribution is -2.62. The molecule has 0 saturated carbocycles. The number of hydrogen-bond acceptors (Lipinski definition) is 4. The maximum Gasteiger partial charge on any atom is 0.334 e. The molecule has 0 spiro atoms. The van der Waals surface area contributed by atoms with Crippen LogP contribution in [-0.2, 0) is 5.41 Å². The highest BCUT2D eigenvalue weighted by molar-refractivity contribution is 6.95. The first-order valence-electron chi connectivity index (χ1n) is 19.1. The molecule has 1 aromatic heterocycles. The Morgan fingerprint density at radius 3 is 2.15 bits per heavy atom. The van der Waals surface area contributed by atoms with Gasteiger partial charge in [0.1, 0.15) is 16.9 Å². The van der Waals surface area contributed by atoms with E-state index in [1.807, 2.05) is 0 Å². The topological polar surface area (TPSA) is 28.9 Å². The van der Waals surface area contributed by atoms with Crippen LogP contribution in [0.3, 0.4) is 0 Å². The fourth-order valence-corrected chi connectivity index (χ4v) is 9.55. The summed E-state index contributed by atoms with van der Waals surface area (Å²) in [7, 11) is 0. The van der Waals surface area contributed by atoms with Gasteiger partial charge in [-0.1, -0.05) is 124 Å². The number of nitrogens with zero attached hydrogens (tertiary/aromatic N) is 2. The van der Waals surface area contributed by atoms with Crippen LogP contribution in [0.2, 0.25) is 0 Å². The SMILES string of the molecule is CC(C)(C)c1ccc(N2c3cc4ccccc4c4c3B(c3c2ccc2oc5ccccc5c32)N2c3ccccc3Oc3cccc-4c32)c(-c2ccccc2)c1. The Bertz CT molecular complexity index is 3090. The molecule has 4 heterocycles. The van der Waals surface area contributed by atoms with E-state index in [1.54, 1.807) is 0 Å². The Labute approximate surface area is 319 Å². The van der Waals surface area contributed by atoms with Gasteiger partial charge in [0.25, 0.3) is 0 Å². The van der Waals surface area contributed by atoms with E-state index in [-0.39, 0.29) is 12.3 Å². The highest BCUT2D eigenvalue weighted by Gasteiger charge is 2.49. The Kier molecular flexibility index (Phi) is 6.10. The Morgan fingerprint density at radius 2 is 1.27 bits per heavy atom. The molecule has 0 aliphatic carbocycles. The van der Waals surface area contributed by atoms with Crippen molar-refractivity contribution in [2.75, 3.05) is 9.71 Å². The lowest BCUT2D eigenvalue weighted by atomic mass is 9.42. The molecule has 12 rings (SSSR count). The standard InChI is InChI=1S/C50H35BN2O2/c1-50(2,3)32-24-25-37(36(29-32)30-14-5-4-6-15-30)52-39-26-27-43-46(34-18-9-11-21-41(34)54-43)47(39)51-48-40(52)28-31-16-7-8-17-33(31)45(48)35-19-13-23-44-49(35)53(51)38-20-10-12-22-42(38)55-44/h4-29H,1-3H3. The second-order valence-electron chi connectivity index (χ2n) is 16.1. The third-order valence-electron chi connectivity index (χ3n) is 12.0. The van der Waals surface area contributed by atoms with Crippen molar-refractivity contribution in [2.45, 2.75) is 26.2 Å². The summed E-state index contributed by atoms with van der Waals surface area (Å²) < 4.78 is 13.4. The highest BCUT2D eigenvalue weighted by Crippen LogP contribution is 2.57. The molecule has 3 aliphatic heterocycles. The van der Waals surface area contributed by atoms with Crippen molar-refractivity contribution < 1.29 is 9.15 Å². The molecular weight excluding hydrogens is 671 g/mol. The minimum atomic E-state index is -0.182. The molecule has 0 radical (unpaired) electrons. The largest absolute Gasteiger partial charge is 0.456 e. The molecule has 3 aliphatic rings. The van der Waals surface area contributed by atoms with Crippen LogP contribution in [0.5, 0.6) is 11.5 Å². The van der Waals surface area contributed by atoms with Gasteiger partial charge in [-0.25, -0.2) is 0 Å². The normalized spacial score (nSPS) is 13.8. The molecule has 0 bridgehead atoms. The molecule has 0 unspecified atom stereocenters. The minimum absolute atomic E-state index is 0.0257. The van der Waals surface area contributed by atoms with Crippen molar-refractivity contribution in [1.82, 2.24) is 0 Å². The molecule has 0 N–H and O–H groups in total. The monoisotopic (exact) mass is 706 g/mol. The number of fused-ring (bicyclic) bond motifs is 12. The Balaban J connectivity index is 1.29. The second-order valence-corrected chi connectivity index (χ2v) is 16.1. The third kappa shape index (κ3) is 4.18. The van der Waals surface area contributed by atoms with Gasteiger partial charge < -0.3 is 18.9 Å². The van der Waals surface area contributed by atoms with Crippen LogP contribution in [0.4, 0.5) is 28.4 Å². The fourth-order valence-electron chi connectivity index (χ4n) is 9.55. The maximum atomic E-state index is 6.75. The number of furan rings is 1. The van der Waals surface area contributed by atoms with Gasteiger partial charge in [-0.15, -0.1) is 0 Å². The molecule has 0 saturated heterocycles. The summed E-state index contributed by atoms with van der Waals surface area (Å²) in [4.78, 5) is 5.11. The lowest BCUT2D eigenvalue weighted by Gasteiger charge is -2.48. The summed E-state index contributed by atoms with van der Waals surface area (Å²) in [6.07, 6.45) is 0. The van der Waals surface area contributed by atoms with E-state index in [0.29, 0.717) is 0 Å². The Hall–Kier alpha value is -6.72. The summed E-state index contributed by atoms with van der Waals surface area (Å²) in [5.41, 5.74) is 16.0. The van der Waals surface area contributed by atoms with Gasteiger partial charge in [-0.05, 0) is 98.4 Å². The minimum Gasteiger partial charge on any atom is -0.456 e. The second kappa shape index (κ2) is 10.9. The zero-order chi connectivity index (χ0) is 36.6. The van der Waals surface area contributed by atoms with E-state index < -0.39 is 0 Å². The molecule has 0 fully saturated rings. The van der Waals surface area contributed by atoms with Crippen LogP contribution in [0.1, 0.15) is 26.3 Å². The number of benzene rings is 8. The van der Waals surface area contributed by atoms with Gasteiger partial charge in [0.15, 0.2) is 5.75 Å². The van der Waals surface area contributed by atoms with Gasteiger partial charge in [-0.2, -0.15) is 0 Å².